The highest BCUT2D eigenvalue weighted by Gasteiger charge is 2.02. The van der Waals surface area contributed by atoms with Crippen molar-refractivity contribution in [3.8, 4) is 5.75 Å². The molecule has 0 amide bonds. The van der Waals surface area contributed by atoms with Gasteiger partial charge in [0.15, 0.2) is 0 Å². The molecule has 0 radical (unpaired) electrons. The Morgan fingerprint density at radius 2 is 1.72 bits per heavy atom. The van der Waals surface area contributed by atoms with Crippen LogP contribution >= 0.6 is 0 Å². The maximum Gasteiger partial charge on any atom is 0.119 e. The maximum absolute atomic E-state index is 5.66. The third-order valence-corrected chi connectivity index (χ3v) is 3.02. The van der Waals surface area contributed by atoms with Gasteiger partial charge in [-0.1, -0.05) is 13.8 Å². The molecule has 0 unspecified atom stereocenters. The Kier molecular flexibility index (Phi) is 6.58. The van der Waals surface area contributed by atoms with Crippen LogP contribution in [0.2, 0.25) is 0 Å². The SMILES string of the molecule is CCC(CC)Nc1ccc(OCCN(C)C)cc1. The number of rotatable bonds is 8. The highest BCUT2D eigenvalue weighted by molar-refractivity contribution is 5.47. The Hall–Kier alpha value is -1.22. The van der Waals surface area contributed by atoms with Gasteiger partial charge in [-0.3, -0.25) is 0 Å². The van der Waals surface area contributed by atoms with Crippen molar-refractivity contribution in [2.75, 3.05) is 32.6 Å². The number of likely N-dealkylation sites (N-methyl/N-ethyl adjacent to an activating group) is 1. The van der Waals surface area contributed by atoms with E-state index >= 15 is 0 Å². The summed E-state index contributed by atoms with van der Waals surface area (Å²) in [5.74, 6) is 0.937. The molecule has 0 aliphatic rings. The molecule has 0 aliphatic heterocycles. The van der Waals surface area contributed by atoms with Crippen LogP contribution in [0, 0.1) is 0 Å². The summed E-state index contributed by atoms with van der Waals surface area (Å²) in [4.78, 5) is 2.11. The summed E-state index contributed by atoms with van der Waals surface area (Å²) in [7, 11) is 4.10. The number of nitrogens with one attached hydrogen (secondary N) is 1. The van der Waals surface area contributed by atoms with Crippen LogP contribution in [0.25, 0.3) is 0 Å². The Morgan fingerprint density at radius 1 is 1.11 bits per heavy atom. The number of hydrogen-bond acceptors (Lipinski definition) is 3. The van der Waals surface area contributed by atoms with E-state index in [0.29, 0.717) is 6.04 Å². The Morgan fingerprint density at radius 3 is 2.22 bits per heavy atom. The lowest BCUT2D eigenvalue weighted by Gasteiger charge is -2.16. The molecule has 0 aromatic heterocycles. The van der Waals surface area contributed by atoms with Crippen LogP contribution < -0.4 is 10.1 Å². The minimum Gasteiger partial charge on any atom is -0.492 e. The molecule has 0 aliphatic carbocycles. The Labute approximate surface area is 111 Å². The molecule has 18 heavy (non-hydrogen) atoms. The normalized spacial score (nSPS) is 11.0. The average molecular weight is 250 g/mol. The van der Waals surface area contributed by atoms with Gasteiger partial charge in [0.25, 0.3) is 0 Å². The summed E-state index contributed by atoms with van der Waals surface area (Å²) < 4.78 is 5.66. The zero-order valence-electron chi connectivity index (χ0n) is 12.1. The van der Waals surface area contributed by atoms with Crippen molar-refractivity contribution >= 4 is 5.69 Å². The lowest BCUT2D eigenvalue weighted by Crippen LogP contribution is -2.19. The molecule has 0 saturated heterocycles. The number of hydrogen-bond donors (Lipinski definition) is 1. The molecule has 1 aromatic carbocycles. The zero-order valence-corrected chi connectivity index (χ0v) is 12.1. The molecule has 3 heteroatoms. The standard InChI is InChI=1S/C15H26N2O/c1-5-13(6-2)16-14-7-9-15(10-8-14)18-12-11-17(3)4/h7-10,13,16H,5-6,11-12H2,1-4H3. The van der Waals surface area contributed by atoms with Gasteiger partial charge in [-0.05, 0) is 51.2 Å². The highest BCUT2D eigenvalue weighted by atomic mass is 16.5. The van der Waals surface area contributed by atoms with E-state index in [4.69, 9.17) is 4.74 Å². The summed E-state index contributed by atoms with van der Waals surface area (Å²) in [6.07, 6.45) is 2.30. The van der Waals surface area contributed by atoms with E-state index in [-0.39, 0.29) is 0 Å². The van der Waals surface area contributed by atoms with E-state index in [1.54, 1.807) is 0 Å². The molecule has 3 nitrogen and oxygen atoms in total. The summed E-state index contributed by atoms with van der Waals surface area (Å²) in [6.45, 7) is 6.08. The maximum atomic E-state index is 5.66. The van der Waals surface area contributed by atoms with E-state index in [9.17, 15) is 0 Å². The number of nitrogens with zero attached hydrogens (tertiary/aromatic N) is 1. The van der Waals surface area contributed by atoms with E-state index in [1.807, 2.05) is 26.2 Å². The van der Waals surface area contributed by atoms with Crippen molar-refractivity contribution in [2.45, 2.75) is 32.7 Å². The summed E-state index contributed by atoms with van der Waals surface area (Å²) in [6, 6.07) is 8.79. The molecule has 0 heterocycles. The highest BCUT2D eigenvalue weighted by Crippen LogP contribution is 2.17. The molecule has 1 aromatic rings. The third kappa shape index (κ3) is 5.41. The van der Waals surface area contributed by atoms with Crippen molar-refractivity contribution in [3.05, 3.63) is 24.3 Å². The first-order valence-corrected chi connectivity index (χ1v) is 6.79. The van der Waals surface area contributed by atoms with Gasteiger partial charge in [-0.25, -0.2) is 0 Å². The number of ether oxygens (including phenoxy) is 1. The lowest BCUT2D eigenvalue weighted by molar-refractivity contribution is 0.261. The lowest BCUT2D eigenvalue weighted by atomic mass is 10.1. The first-order valence-electron chi connectivity index (χ1n) is 6.79. The topological polar surface area (TPSA) is 24.5 Å². The molecule has 102 valence electrons. The minimum atomic E-state index is 0.561. The van der Waals surface area contributed by atoms with Gasteiger partial charge >= 0.3 is 0 Å². The smallest absolute Gasteiger partial charge is 0.119 e. The fourth-order valence-electron chi connectivity index (χ4n) is 1.72. The largest absolute Gasteiger partial charge is 0.492 e. The summed E-state index contributed by atoms with van der Waals surface area (Å²) in [5.41, 5.74) is 1.17. The van der Waals surface area contributed by atoms with E-state index < -0.39 is 0 Å². The van der Waals surface area contributed by atoms with Gasteiger partial charge in [0.05, 0.1) is 0 Å². The second-order valence-corrected chi connectivity index (χ2v) is 4.83. The third-order valence-electron chi connectivity index (χ3n) is 3.02. The molecule has 0 fully saturated rings. The number of anilines is 1. The monoisotopic (exact) mass is 250 g/mol. The Balaban J connectivity index is 2.42. The van der Waals surface area contributed by atoms with Crippen LogP contribution in [-0.2, 0) is 0 Å². The van der Waals surface area contributed by atoms with Crippen molar-refractivity contribution in [1.29, 1.82) is 0 Å². The number of benzene rings is 1. The van der Waals surface area contributed by atoms with Gasteiger partial charge in [-0.2, -0.15) is 0 Å². The van der Waals surface area contributed by atoms with Crippen LogP contribution in [0.5, 0.6) is 5.75 Å². The van der Waals surface area contributed by atoms with Crippen LogP contribution in [0.3, 0.4) is 0 Å². The second kappa shape index (κ2) is 7.98. The van der Waals surface area contributed by atoms with E-state index in [1.165, 1.54) is 5.69 Å². The van der Waals surface area contributed by atoms with Gasteiger partial charge in [0.2, 0.25) is 0 Å². The fourth-order valence-corrected chi connectivity index (χ4v) is 1.72. The van der Waals surface area contributed by atoms with Crippen LogP contribution in [-0.4, -0.2) is 38.2 Å². The Bertz CT molecular complexity index is 318. The average Bonchev–Trinajstić information content (AvgIpc) is 2.37. The van der Waals surface area contributed by atoms with Crippen molar-refractivity contribution in [2.24, 2.45) is 0 Å². The fraction of sp³-hybridized carbons (Fsp3) is 0.600. The molecule has 0 spiro atoms. The van der Waals surface area contributed by atoms with Gasteiger partial charge < -0.3 is 15.0 Å². The van der Waals surface area contributed by atoms with Crippen LogP contribution in [0.1, 0.15) is 26.7 Å². The predicted octanol–water partition coefficient (Wildman–Crippen LogP) is 3.23. The minimum absolute atomic E-state index is 0.561. The summed E-state index contributed by atoms with van der Waals surface area (Å²) in [5, 5.41) is 3.52. The molecule has 1 N–H and O–H groups in total. The van der Waals surface area contributed by atoms with Gasteiger partial charge in [0, 0.05) is 18.3 Å². The van der Waals surface area contributed by atoms with Crippen molar-refractivity contribution in [3.63, 3.8) is 0 Å². The van der Waals surface area contributed by atoms with Crippen molar-refractivity contribution < 1.29 is 4.74 Å². The molecule has 0 saturated carbocycles. The quantitative estimate of drug-likeness (QED) is 0.766. The van der Waals surface area contributed by atoms with Gasteiger partial charge in [0.1, 0.15) is 12.4 Å². The van der Waals surface area contributed by atoms with Crippen LogP contribution in [0.4, 0.5) is 5.69 Å². The molecule has 0 bridgehead atoms. The van der Waals surface area contributed by atoms with Crippen LogP contribution in [0.15, 0.2) is 24.3 Å². The van der Waals surface area contributed by atoms with Crippen molar-refractivity contribution in [1.82, 2.24) is 4.90 Å². The predicted molar refractivity (Wildman–Crippen MR) is 78.5 cm³/mol. The molecule has 1 rings (SSSR count). The molecular weight excluding hydrogens is 224 g/mol. The second-order valence-electron chi connectivity index (χ2n) is 4.83. The first-order chi connectivity index (χ1) is 8.65. The molecular formula is C15H26N2O. The zero-order chi connectivity index (χ0) is 13.4. The first kappa shape index (κ1) is 14.8. The molecule has 0 atom stereocenters. The van der Waals surface area contributed by atoms with Gasteiger partial charge in [-0.15, -0.1) is 0 Å². The summed E-state index contributed by atoms with van der Waals surface area (Å²) >= 11 is 0. The van der Waals surface area contributed by atoms with E-state index in [0.717, 1.165) is 31.7 Å². The van der Waals surface area contributed by atoms with E-state index in [2.05, 4.69) is 36.2 Å².